The zero-order chi connectivity index (χ0) is 19.9. The molecule has 1 aromatic carbocycles. The van der Waals surface area contributed by atoms with Crippen LogP contribution in [0.15, 0.2) is 48.8 Å². The summed E-state index contributed by atoms with van der Waals surface area (Å²) < 4.78 is 11.0. The minimum Gasteiger partial charge on any atom is -0.381 e. The van der Waals surface area contributed by atoms with Crippen molar-refractivity contribution in [2.24, 2.45) is 11.3 Å². The number of benzene rings is 1. The summed E-state index contributed by atoms with van der Waals surface area (Å²) in [6.07, 6.45) is 7.97. The Balaban J connectivity index is 1.48. The molecule has 5 heteroatoms. The number of rotatable bonds is 6. The van der Waals surface area contributed by atoms with Crippen LogP contribution in [0.2, 0.25) is 0 Å². The van der Waals surface area contributed by atoms with E-state index in [-0.39, 0.29) is 11.3 Å². The predicted molar refractivity (Wildman–Crippen MR) is 112 cm³/mol. The predicted octanol–water partition coefficient (Wildman–Crippen LogP) is 3.63. The van der Waals surface area contributed by atoms with Gasteiger partial charge in [-0.25, -0.2) is 0 Å². The molecular formula is C24H30N2O3. The van der Waals surface area contributed by atoms with Gasteiger partial charge < -0.3 is 14.8 Å². The highest BCUT2D eigenvalue weighted by Gasteiger charge is 2.40. The molecule has 2 saturated heterocycles. The third kappa shape index (κ3) is 5.03. The summed E-state index contributed by atoms with van der Waals surface area (Å²) in [5.41, 5.74) is 3.12. The molecule has 29 heavy (non-hydrogen) atoms. The molecule has 1 aromatic heterocycles. The van der Waals surface area contributed by atoms with Crippen molar-refractivity contribution < 1.29 is 14.3 Å². The molecular weight excluding hydrogens is 364 g/mol. The lowest BCUT2D eigenvalue weighted by Gasteiger charge is -2.36. The molecule has 3 heterocycles. The van der Waals surface area contributed by atoms with Crippen molar-refractivity contribution in [1.29, 1.82) is 0 Å². The molecule has 0 aliphatic carbocycles. The molecule has 2 aliphatic heterocycles. The van der Waals surface area contributed by atoms with Crippen LogP contribution in [-0.4, -0.2) is 43.9 Å². The second-order valence-electron chi connectivity index (χ2n) is 8.27. The molecule has 1 amide bonds. The molecule has 4 rings (SSSR count). The molecule has 5 nitrogen and oxygen atoms in total. The van der Waals surface area contributed by atoms with Crippen LogP contribution in [0.1, 0.15) is 31.2 Å². The van der Waals surface area contributed by atoms with Gasteiger partial charge in [-0.2, -0.15) is 0 Å². The Labute approximate surface area is 172 Å². The van der Waals surface area contributed by atoms with Crippen LogP contribution < -0.4 is 5.32 Å². The fraction of sp³-hybridized carbons (Fsp3) is 0.500. The minimum absolute atomic E-state index is 0.182. The first-order valence-electron chi connectivity index (χ1n) is 10.7. The van der Waals surface area contributed by atoms with E-state index in [1.165, 1.54) is 5.56 Å². The van der Waals surface area contributed by atoms with Crippen LogP contribution in [-0.2, 0) is 20.7 Å². The number of carbonyl (C=O) groups is 1. The SMILES string of the molecule is O=C(NCC1CCOCC1)C1(Cc2cccc(-c3ccncc3)c2)CCOCC1. The lowest BCUT2D eigenvalue weighted by molar-refractivity contribution is -0.137. The van der Waals surface area contributed by atoms with Crippen molar-refractivity contribution in [3.63, 3.8) is 0 Å². The van der Waals surface area contributed by atoms with E-state index in [0.29, 0.717) is 19.1 Å². The first-order chi connectivity index (χ1) is 14.3. The number of hydrogen-bond donors (Lipinski definition) is 1. The number of nitrogens with zero attached hydrogens (tertiary/aromatic N) is 1. The molecule has 2 fully saturated rings. The molecule has 2 aliphatic rings. The zero-order valence-corrected chi connectivity index (χ0v) is 16.9. The van der Waals surface area contributed by atoms with E-state index in [1.807, 2.05) is 24.5 Å². The fourth-order valence-electron chi connectivity index (χ4n) is 4.42. The van der Waals surface area contributed by atoms with E-state index in [1.54, 1.807) is 0 Å². The normalized spacial score (nSPS) is 19.6. The summed E-state index contributed by atoms with van der Waals surface area (Å²) in [4.78, 5) is 17.4. The summed E-state index contributed by atoms with van der Waals surface area (Å²) in [6, 6.07) is 12.6. The standard InChI is InChI=1S/C24H30N2O3/c27-23(26-18-19-6-12-28-13-7-19)24(8-14-29-15-9-24)17-20-2-1-3-22(16-20)21-4-10-25-11-5-21/h1-5,10-11,16,19H,6-9,12-15,17-18H2,(H,26,27). The van der Waals surface area contributed by atoms with Gasteiger partial charge >= 0.3 is 0 Å². The van der Waals surface area contributed by atoms with Crippen molar-refractivity contribution in [1.82, 2.24) is 10.3 Å². The maximum Gasteiger partial charge on any atom is 0.226 e. The van der Waals surface area contributed by atoms with E-state index in [4.69, 9.17) is 9.47 Å². The molecule has 2 aromatic rings. The highest BCUT2D eigenvalue weighted by atomic mass is 16.5. The second-order valence-corrected chi connectivity index (χ2v) is 8.27. The fourth-order valence-corrected chi connectivity index (χ4v) is 4.42. The number of pyridine rings is 1. The Hall–Kier alpha value is -2.24. The van der Waals surface area contributed by atoms with Crippen LogP contribution >= 0.6 is 0 Å². The third-order valence-electron chi connectivity index (χ3n) is 6.31. The van der Waals surface area contributed by atoms with Gasteiger partial charge in [-0.3, -0.25) is 9.78 Å². The van der Waals surface area contributed by atoms with Crippen LogP contribution in [0.25, 0.3) is 11.1 Å². The Morgan fingerprint density at radius 2 is 1.72 bits per heavy atom. The maximum absolute atomic E-state index is 13.3. The average Bonchev–Trinajstić information content (AvgIpc) is 2.79. The lowest BCUT2D eigenvalue weighted by atomic mass is 9.74. The van der Waals surface area contributed by atoms with Crippen LogP contribution in [0.3, 0.4) is 0 Å². The smallest absolute Gasteiger partial charge is 0.226 e. The van der Waals surface area contributed by atoms with Crippen LogP contribution in [0.4, 0.5) is 0 Å². The molecule has 0 atom stereocenters. The van der Waals surface area contributed by atoms with E-state index < -0.39 is 0 Å². The topological polar surface area (TPSA) is 60.5 Å². The number of ether oxygens (including phenoxy) is 2. The summed E-state index contributed by atoms with van der Waals surface area (Å²) in [5, 5.41) is 3.27. The van der Waals surface area contributed by atoms with Gasteiger partial charge in [0.15, 0.2) is 0 Å². The monoisotopic (exact) mass is 394 g/mol. The first kappa shape index (κ1) is 20.0. The van der Waals surface area contributed by atoms with Gasteiger partial charge in [-0.15, -0.1) is 0 Å². The Bertz CT molecular complexity index is 797. The van der Waals surface area contributed by atoms with Gasteiger partial charge in [0, 0.05) is 45.4 Å². The molecule has 0 unspecified atom stereocenters. The van der Waals surface area contributed by atoms with Crippen molar-refractivity contribution in [2.75, 3.05) is 33.0 Å². The maximum atomic E-state index is 13.3. The van der Waals surface area contributed by atoms with E-state index in [9.17, 15) is 4.79 Å². The molecule has 0 bridgehead atoms. The number of nitrogens with one attached hydrogen (secondary N) is 1. The van der Waals surface area contributed by atoms with Gasteiger partial charge in [0.05, 0.1) is 5.41 Å². The van der Waals surface area contributed by atoms with Gasteiger partial charge in [-0.1, -0.05) is 24.3 Å². The Morgan fingerprint density at radius 3 is 2.48 bits per heavy atom. The molecule has 154 valence electrons. The van der Waals surface area contributed by atoms with Gasteiger partial charge in [0.2, 0.25) is 5.91 Å². The summed E-state index contributed by atoms with van der Waals surface area (Å²) in [6.45, 7) is 3.66. The number of carbonyl (C=O) groups excluding carboxylic acids is 1. The number of aromatic nitrogens is 1. The number of amides is 1. The molecule has 0 spiro atoms. The lowest BCUT2D eigenvalue weighted by Crippen LogP contribution is -2.47. The third-order valence-corrected chi connectivity index (χ3v) is 6.31. The summed E-state index contributed by atoms with van der Waals surface area (Å²) in [5.74, 6) is 0.709. The second kappa shape index (κ2) is 9.51. The zero-order valence-electron chi connectivity index (χ0n) is 16.9. The highest BCUT2D eigenvalue weighted by Crippen LogP contribution is 2.36. The summed E-state index contributed by atoms with van der Waals surface area (Å²) >= 11 is 0. The molecule has 0 radical (unpaired) electrons. The molecule has 0 saturated carbocycles. The largest absolute Gasteiger partial charge is 0.381 e. The average molecular weight is 395 g/mol. The van der Waals surface area contributed by atoms with E-state index in [0.717, 1.165) is 63.0 Å². The Kier molecular flexibility index (Phi) is 6.57. The summed E-state index contributed by atoms with van der Waals surface area (Å²) in [7, 11) is 0. The minimum atomic E-state index is -0.389. The van der Waals surface area contributed by atoms with Crippen molar-refractivity contribution in [3.8, 4) is 11.1 Å². The van der Waals surface area contributed by atoms with Gasteiger partial charge in [0.1, 0.15) is 0 Å². The van der Waals surface area contributed by atoms with Gasteiger partial charge in [-0.05, 0) is 66.8 Å². The van der Waals surface area contributed by atoms with E-state index in [2.05, 4.69) is 34.6 Å². The quantitative estimate of drug-likeness (QED) is 0.813. The highest BCUT2D eigenvalue weighted by molar-refractivity contribution is 5.83. The van der Waals surface area contributed by atoms with Crippen molar-refractivity contribution in [3.05, 3.63) is 54.4 Å². The molecule has 1 N–H and O–H groups in total. The van der Waals surface area contributed by atoms with Gasteiger partial charge in [0.25, 0.3) is 0 Å². The Morgan fingerprint density at radius 1 is 1.00 bits per heavy atom. The van der Waals surface area contributed by atoms with Crippen molar-refractivity contribution in [2.45, 2.75) is 32.1 Å². The van der Waals surface area contributed by atoms with Crippen molar-refractivity contribution >= 4 is 5.91 Å². The number of hydrogen-bond acceptors (Lipinski definition) is 4. The van der Waals surface area contributed by atoms with Crippen LogP contribution in [0.5, 0.6) is 0 Å². The van der Waals surface area contributed by atoms with E-state index >= 15 is 0 Å². The first-order valence-corrected chi connectivity index (χ1v) is 10.7. The van der Waals surface area contributed by atoms with Crippen LogP contribution in [0, 0.1) is 11.3 Å².